The third-order valence-electron chi connectivity index (χ3n) is 5.48. The minimum absolute atomic E-state index is 0.153. The van der Waals surface area contributed by atoms with Gasteiger partial charge in [-0.1, -0.05) is 23.4 Å². The van der Waals surface area contributed by atoms with E-state index in [-0.39, 0.29) is 22.9 Å². The number of hydrogen-bond acceptors (Lipinski definition) is 6. The van der Waals surface area contributed by atoms with Crippen molar-refractivity contribution in [2.45, 2.75) is 13.8 Å². The molecule has 0 atom stereocenters. The van der Waals surface area contributed by atoms with Crippen LogP contribution in [-0.4, -0.2) is 33.5 Å². The molecule has 164 valence electrons. The maximum absolute atomic E-state index is 13.3. The number of rotatable bonds is 5. The van der Waals surface area contributed by atoms with Crippen LogP contribution in [0, 0.1) is 19.7 Å². The largest absolute Gasteiger partial charge is 0.454 e. The van der Waals surface area contributed by atoms with Gasteiger partial charge in [-0.05, 0) is 50.2 Å². The Labute approximate surface area is 187 Å². The number of nitrogens with zero attached hydrogens (tertiary/aromatic N) is 2. The molecule has 8 heteroatoms. The lowest BCUT2D eigenvalue weighted by Crippen LogP contribution is -2.15. The van der Waals surface area contributed by atoms with E-state index in [1.165, 1.54) is 18.2 Å². The van der Waals surface area contributed by atoms with Crippen molar-refractivity contribution in [1.29, 1.82) is 0 Å². The van der Waals surface area contributed by atoms with Crippen LogP contribution in [0.2, 0.25) is 0 Å². The highest BCUT2D eigenvalue weighted by atomic mass is 19.1. The average molecular weight is 443 g/mol. The van der Waals surface area contributed by atoms with Gasteiger partial charge in [0.05, 0.1) is 22.3 Å². The van der Waals surface area contributed by atoms with Crippen molar-refractivity contribution >= 4 is 33.8 Å². The summed E-state index contributed by atoms with van der Waals surface area (Å²) in [6.07, 6.45) is 0. The van der Waals surface area contributed by atoms with Crippen molar-refractivity contribution in [1.82, 2.24) is 15.1 Å². The topological polar surface area (TPSA) is 98.1 Å². The number of para-hydroxylation sites is 1. The minimum atomic E-state index is -0.706. The average Bonchev–Trinajstić information content (AvgIpc) is 3.36. The van der Waals surface area contributed by atoms with Crippen LogP contribution in [0.1, 0.15) is 32.1 Å². The molecule has 0 aliphatic rings. The highest BCUT2D eigenvalue weighted by Gasteiger charge is 2.23. The molecule has 0 amide bonds. The van der Waals surface area contributed by atoms with Gasteiger partial charge in [0.1, 0.15) is 5.82 Å². The van der Waals surface area contributed by atoms with Gasteiger partial charge in [0.15, 0.2) is 6.61 Å². The second-order valence-electron chi connectivity index (χ2n) is 7.68. The number of nitrogens with one attached hydrogen (secondary N) is 1. The molecule has 0 saturated heterocycles. The van der Waals surface area contributed by atoms with Gasteiger partial charge in [-0.2, -0.15) is 0 Å². The smallest absolute Gasteiger partial charge is 0.339 e. The van der Waals surface area contributed by atoms with Crippen molar-refractivity contribution < 1.29 is 23.2 Å². The van der Waals surface area contributed by atoms with Gasteiger partial charge in [0.25, 0.3) is 5.71 Å². The maximum atomic E-state index is 13.3. The number of aromatic nitrogens is 3. The summed E-state index contributed by atoms with van der Waals surface area (Å²) in [5.41, 5.74) is 3.81. The van der Waals surface area contributed by atoms with E-state index in [0.717, 1.165) is 10.9 Å². The molecule has 2 aromatic carbocycles. The van der Waals surface area contributed by atoms with Crippen LogP contribution in [0.3, 0.4) is 0 Å². The van der Waals surface area contributed by atoms with Crippen LogP contribution in [-0.2, 0) is 4.74 Å². The van der Waals surface area contributed by atoms with Crippen molar-refractivity contribution in [3.63, 3.8) is 0 Å². The van der Waals surface area contributed by atoms with Gasteiger partial charge < -0.3 is 14.2 Å². The van der Waals surface area contributed by atoms with Gasteiger partial charge >= 0.3 is 5.97 Å². The summed E-state index contributed by atoms with van der Waals surface area (Å²) in [5.74, 6) is -1.41. The molecule has 3 aromatic heterocycles. The number of pyridine rings is 1. The molecule has 7 nitrogen and oxygen atoms in total. The molecule has 0 spiro atoms. The van der Waals surface area contributed by atoms with Crippen LogP contribution in [0.25, 0.3) is 33.3 Å². The van der Waals surface area contributed by atoms with Crippen LogP contribution in [0.5, 0.6) is 0 Å². The molecule has 5 rings (SSSR count). The Balaban J connectivity index is 1.46. The Hall–Kier alpha value is -4.33. The number of H-pyrrole nitrogens is 1. The molecule has 1 N–H and O–H groups in total. The van der Waals surface area contributed by atoms with Gasteiger partial charge in [0, 0.05) is 27.7 Å². The Bertz CT molecular complexity index is 1530. The predicted molar refractivity (Wildman–Crippen MR) is 120 cm³/mol. The predicted octanol–water partition coefficient (Wildman–Crippen LogP) is 5.17. The van der Waals surface area contributed by atoms with Crippen molar-refractivity contribution in [2.75, 3.05) is 6.61 Å². The van der Waals surface area contributed by atoms with E-state index in [0.29, 0.717) is 33.6 Å². The van der Waals surface area contributed by atoms with Crippen LogP contribution < -0.4 is 0 Å². The van der Waals surface area contributed by atoms with Crippen LogP contribution in [0.4, 0.5) is 4.39 Å². The minimum Gasteiger partial charge on any atom is -0.454 e. The Morgan fingerprint density at radius 1 is 1.09 bits per heavy atom. The molecule has 3 heterocycles. The summed E-state index contributed by atoms with van der Waals surface area (Å²) in [6.45, 7) is 3.06. The third kappa shape index (κ3) is 3.65. The molecule has 0 saturated carbocycles. The fourth-order valence-electron chi connectivity index (χ4n) is 3.94. The first-order chi connectivity index (χ1) is 15.9. The highest BCUT2D eigenvalue weighted by Crippen LogP contribution is 2.28. The van der Waals surface area contributed by atoms with E-state index >= 15 is 0 Å². The third-order valence-corrected chi connectivity index (χ3v) is 5.48. The quantitative estimate of drug-likeness (QED) is 0.297. The summed E-state index contributed by atoms with van der Waals surface area (Å²) in [5, 5.41) is 5.07. The lowest BCUT2D eigenvalue weighted by molar-refractivity contribution is 0.0477. The first-order valence-electron chi connectivity index (χ1n) is 10.2. The molecular formula is C25H18FN3O4. The SMILES string of the molecule is Cc1[nH]c2ccccc2c1C(=O)COC(=O)c1cc(-c2ccc(F)cc2)nc2onc(C)c12. The fraction of sp³-hybridized carbons (Fsp3) is 0.120. The van der Waals surface area contributed by atoms with Gasteiger partial charge in [-0.25, -0.2) is 14.2 Å². The Morgan fingerprint density at radius 2 is 1.85 bits per heavy atom. The first kappa shape index (κ1) is 20.6. The second kappa shape index (κ2) is 7.98. The standard InChI is InChI=1S/C25H18FN3O4/c1-13-22(17-5-3-4-6-19(17)27-13)21(30)12-32-25(31)18-11-20(15-7-9-16(26)10-8-15)28-24-23(18)14(2)29-33-24/h3-11,27H,12H2,1-2H3. The monoisotopic (exact) mass is 443 g/mol. The van der Waals surface area contributed by atoms with Crippen molar-refractivity contribution in [2.24, 2.45) is 0 Å². The zero-order valence-electron chi connectivity index (χ0n) is 17.8. The number of ketones is 1. The lowest BCUT2D eigenvalue weighted by atomic mass is 10.1. The Morgan fingerprint density at radius 3 is 2.64 bits per heavy atom. The number of benzene rings is 2. The normalized spacial score (nSPS) is 11.2. The second-order valence-corrected chi connectivity index (χ2v) is 7.68. The molecule has 0 aliphatic carbocycles. The van der Waals surface area contributed by atoms with Crippen LogP contribution in [0.15, 0.2) is 59.1 Å². The van der Waals surface area contributed by atoms with Crippen molar-refractivity contribution in [3.05, 3.63) is 82.9 Å². The summed E-state index contributed by atoms with van der Waals surface area (Å²) >= 11 is 0. The van der Waals surface area contributed by atoms with E-state index in [1.807, 2.05) is 24.3 Å². The van der Waals surface area contributed by atoms with E-state index < -0.39 is 12.6 Å². The zero-order valence-corrected chi connectivity index (χ0v) is 17.8. The number of hydrogen-bond donors (Lipinski definition) is 1. The fourth-order valence-corrected chi connectivity index (χ4v) is 3.94. The summed E-state index contributed by atoms with van der Waals surface area (Å²) in [6, 6.07) is 14.7. The number of halogens is 1. The highest BCUT2D eigenvalue weighted by molar-refractivity contribution is 6.11. The number of aromatic amines is 1. The van der Waals surface area contributed by atoms with E-state index in [2.05, 4.69) is 15.1 Å². The summed E-state index contributed by atoms with van der Waals surface area (Å²) in [4.78, 5) is 33.5. The van der Waals surface area contributed by atoms with Crippen LogP contribution >= 0.6 is 0 Å². The van der Waals surface area contributed by atoms with Gasteiger partial charge in [-0.3, -0.25) is 4.79 Å². The summed E-state index contributed by atoms with van der Waals surface area (Å²) in [7, 11) is 0. The lowest BCUT2D eigenvalue weighted by Gasteiger charge is -2.08. The van der Waals surface area contributed by atoms with Gasteiger partial charge in [0.2, 0.25) is 5.78 Å². The molecular weight excluding hydrogens is 425 g/mol. The number of carbonyl (C=O) groups is 2. The van der Waals surface area contributed by atoms with E-state index in [1.54, 1.807) is 26.0 Å². The molecule has 0 aliphatic heterocycles. The zero-order chi connectivity index (χ0) is 23.1. The number of aryl methyl sites for hydroxylation is 2. The molecule has 33 heavy (non-hydrogen) atoms. The molecule has 0 fully saturated rings. The van der Waals surface area contributed by atoms with Crippen molar-refractivity contribution in [3.8, 4) is 11.3 Å². The first-order valence-corrected chi connectivity index (χ1v) is 10.2. The molecule has 0 unspecified atom stereocenters. The number of fused-ring (bicyclic) bond motifs is 2. The Kier molecular flexibility index (Phi) is 4.97. The maximum Gasteiger partial charge on any atom is 0.339 e. The van der Waals surface area contributed by atoms with Gasteiger partial charge in [-0.15, -0.1) is 0 Å². The molecule has 0 bridgehead atoms. The number of esters is 1. The number of Topliss-reactive ketones (excluding diaryl/α,β-unsaturated/α-hetero) is 1. The number of carbonyl (C=O) groups excluding carboxylic acids is 2. The number of ether oxygens (including phenoxy) is 1. The van der Waals surface area contributed by atoms with E-state index in [4.69, 9.17) is 9.26 Å². The molecule has 5 aromatic rings. The van der Waals surface area contributed by atoms with E-state index in [9.17, 15) is 14.0 Å². The summed E-state index contributed by atoms with van der Waals surface area (Å²) < 4.78 is 24.0. The molecule has 0 radical (unpaired) electrons.